The molecule has 0 bridgehead atoms. The van der Waals surface area contributed by atoms with Gasteiger partial charge in [0.15, 0.2) is 0 Å². The number of halogens is 1. The van der Waals surface area contributed by atoms with Gasteiger partial charge in [-0.3, -0.25) is 4.90 Å². The molecule has 0 aliphatic rings. The van der Waals surface area contributed by atoms with Crippen molar-refractivity contribution in [2.45, 2.75) is 6.54 Å². The van der Waals surface area contributed by atoms with Gasteiger partial charge in [0.2, 0.25) is 0 Å². The number of rotatable bonds is 7. The number of nitrogens with one attached hydrogen (secondary N) is 1. The molecule has 0 unspecified atom stereocenters. The minimum Gasteiger partial charge on any atom is -0.361 e. The number of aromatic amines is 1. The lowest BCUT2D eigenvalue weighted by atomic mass is 10.0. The summed E-state index contributed by atoms with van der Waals surface area (Å²) < 4.78 is 0. The van der Waals surface area contributed by atoms with Crippen molar-refractivity contribution in [3.05, 3.63) is 114 Å². The van der Waals surface area contributed by atoms with E-state index in [-0.39, 0.29) is 12.4 Å². The highest BCUT2D eigenvalue weighted by Crippen LogP contribution is 2.20. The topological polar surface area (TPSA) is 19.0 Å². The van der Waals surface area contributed by atoms with E-state index in [4.69, 9.17) is 0 Å². The molecular formula is C27H27ClN2. The van der Waals surface area contributed by atoms with E-state index in [0.717, 1.165) is 13.1 Å². The quantitative estimate of drug-likeness (QED) is 0.324. The van der Waals surface area contributed by atoms with Crippen LogP contribution in [0.15, 0.2) is 103 Å². The Hall–Kier alpha value is -3.07. The normalized spacial score (nSPS) is 11.5. The second-order valence-corrected chi connectivity index (χ2v) is 7.33. The molecule has 0 spiro atoms. The van der Waals surface area contributed by atoms with Gasteiger partial charge in [-0.25, -0.2) is 0 Å². The number of benzene rings is 3. The van der Waals surface area contributed by atoms with E-state index < -0.39 is 0 Å². The molecular weight excluding hydrogens is 388 g/mol. The first-order valence-electron chi connectivity index (χ1n) is 10.0. The third kappa shape index (κ3) is 5.50. The van der Waals surface area contributed by atoms with Gasteiger partial charge in [-0.05, 0) is 41.4 Å². The minimum atomic E-state index is 0. The van der Waals surface area contributed by atoms with Crippen LogP contribution in [-0.4, -0.2) is 23.5 Å². The summed E-state index contributed by atoms with van der Waals surface area (Å²) in [6.07, 6.45) is 10.6. The second-order valence-electron chi connectivity index (χ2n) is 7.33. The summed E-state index contributed by atoms with van der Waals surface area (Å²) in [5.41, 5.74) is 6.27. The van der Waals surface area contributed by atoms with Crippen molar-refractivity contribution in [3.8, 4) is 11.1 Å². The molecule has 1 aromatic heterocycles. The molecule has 0 aliphatic heterocycles. The Morgan fingerprint density at radius 1 is 0.800 bits per heavy atom. The fourth-order valence-electron chi connectivity index (χ4n) is 3.55. The molecule has 1 heterocycles. The second kappa shape index (κ2) is 10.6. The van der Waals surface area contributed by atoms with E-state index >= 15 is 0 Å². The van der Waals surface area contributed by atoms with E-state index in [0.29, 0.717) is 0 Å². The zero-order chi connectivity index (χ0) is 19.9. The predicted octanol–water partition coefficient (Wildman–Crippen LogP) is 6.96. The highest BCUT2D eigenvalue weighted by Gasteiger charge is 2.03. The lowest BCUT2D eigenvalue weighted by molar-refractivity contribution is 0.365. The summed E-state index contributed by atoms with van der Waals surface area (Å²) in [6, 6.07) is 27.7. The number of hydrogen-bond donors (Lipinski definition) is 1. The van der Waals surface area contributed by atoms with Crippen molar-refractivity contribution in [2.75, 3.05) is 13.6 Å². The summed E-state index contributed by atoms with van der Waals surface area (Å²) in [7, 11) is 2.15. The van der Waals surface area contributed by atoms with Crippen LogP contribution in [0.4, 0.5) is 0 Å². The number of likely N-dealkylation sites (N-methyl/N-ethyl adjacent to an activating group) is 1. The van der Waals surface area contributed by atoms with E-state index in [9.17, 15) is 0 Å². The van der Waals surface area contributed by atoms with Crippen LogP contribution in [0.2, 0.25) is 0 Å². The molecule has 152 valence electrons. The first-order valence-corrected chi connectivity index (χ1v) is 10.0. The van der Waals surface area contributed by atoms with Crippen LogP contribution in [0.5, 0.6) is 0 Å². The Morgan fingerprint density at radius 3 is 2.37 bits per heavy atom. The van der Waals surface area contributed by atoms with Gasteiger partial charge in [0.05, 0.1) is 0 Å². The van der Waals surface area contributed by atoms with Gasteiger partial charge in [0, 0.05) is 30.2 Å². The molecule has 30 heavy (non-hydrogen) atoms. The third-order valence-corrected chi connectivity index (χ3v) is 5.10. The average Bonchev–Trinajstić information content (AvgIpc) is 3.25. The summed E-state index contributed by atoms with van der Waals surface area (Å²) in [6.45, 7) is 1.85. The lowest BCUT2D eigenvalue weighted by Crippen LogP contribution is -2.17. The molecule has 0 aliphatic carbocycles. The van der Waals surface area contributed by atoms with Crippen LogP contribution in [0, 0.1) is 0 Å². The summed E-state index contributed by atoms with van der Waals surface area (Å²) >= 11 is 0. The molecule has 0 amide bonds. The third-order valence-electron chi connectivity index (χ3n) is 5.10. The van der Waals surface area contributed by atoms with Gasteiger partial charge in [0.25, 0.3) is 0 Å². The van der Waals surface area contributed by atoms with Crippen LogP contribution >= 0.6 is 12.4 Å². The van der Waals surface area contributed by atoms with Crippen molar-refractivity contribution in [3.63, 3.8) is 0 Å². The van der Waals surface area contributed by atoms with Crippen molar-refractivity contribution in [1.29, 1.82) is 0 Å². The van der Waals surface area contributed by atoms with Crippen LogP contribution in [0.3, 0.4) is 0 Å². The van der Waals surface area contributed by atoms with Crippen LogP contribution in [0.1, 0.15) is 11.1 Å². The van der Waals surface area contributed by atoms with E-state index in [1.807, 2.05) is 12.3 Å². The Morgan fingerprint density at radius 2 is 1.57 bits per heavy atom. The number of fused-ring (bicyclic) bond motifs is 1. The smallest absolute Gasteiger partial charge is 0.0457 e. The standard InChI is InChI=1S/C27H26N2.ClH/c1-29(21-25-12-8-13-27-26(25)18-19-28-27)20-7-3-4-9-22-14-16-24(17-15-22)23-10-5-2-6-11-23;/h2-19,28H,20-21H2,1H3;1H/b7-3+,9-4+;. The summed E-state index contributed by atoms with van der Waals surface area (Å²) in [4.78, 5) is 5.60. The SMILES string of the molecule is CN(C/C=C/C=C/c1ccc(-c2ccccc2)cc1)Cc1cccc2[nH]ccc12.Cl. The number of H-pyrrole nitrogens is 1. The van der Waals surface area contributed by atoms with Crippen LogP contribution < -0.4 is 0 Å². The van der Waals surface area contributed by atoms with Gasteiger partial charge in [-0.1, -0.05) is 91.0 Å². The zero-order valence-corrected chi connectivity index (χ0v) is 18.0. The van der Waals surface area contributed by atoms with Gasteiger partial charge in [-0.2, -0.15) is 0 Å². The predicted molar refractivity (Wildman–Crippen MR) is 132 cm³/mol. The highest BCUT2D eigenvalue weighted by molar-refractivity contribution is 5.85. The molecule has 0 saturated carbocycles. The molecule has 3 heteroatoms. The molecule has 3 aromatic carbocycles. The molecule has 0 saturated heterocycles. The number of allylic oxidation sites excluding steroid dienone is 2. The molecule has 4 aromatic rings. The van der Waals surface area contributed by atoms with Gasteiger partial charge in [0.1, 0.15) is 0 Å². The summed E-state index contributed by atoms with van der Waals surface area (Å²) in [5, 5.41) is 1.31. The van der Waals surface area contributed by atoms with E-state index in [1.54, 1.807) is 0 Å². The molecule has 2 nitrogen and oxygen atoms in total. The van der Waals surface area contributed by atoms with Crippen LogP contribution in [-0.2, 0) is 6.54 Å². The maximum absolute atomic E-state index is 3.28. The maximum Gasteiger partial charge on any atom is 0.0457 e. The van der Waals surface area contributed by atoms with E-state index in [1.165, 1.54) is 33.2 Å². The number of nitrogens with zero attached hydrogens (tertiary/aromatic N) is 1. The van der Waals surface area contributed by atoms with Gasteiger partial charge >= 0.3 is 0 Å². The Balaban J connectivity index is 0.00000256. The Labute approximate surface area is 185 Å². The lowest BCUT2D eigenvalue weighted by Gasteiger charge is -2.15. The van der Waals surface area contributed by atoms with Crippen molar-refractivity contribution in [1.82, 2.24) is 9.88 Å². The molecule has 0 fully saturated rings. The maximum atomic E-state index is 3.28. The Bertz CT molecular complexity index is 1110. The molecule has 0 atom stereocenters. The van der Waals surface area contributed by atoms with Gasteiger partial charge in [-0.15, -0.1) is 12.4 Å². The van der Waals surface area contributed by atoms with Crippen LogP contribution in [0.25, 0.3) is 28.1 Å². The number of hydrogen-bond acceptors (Lipinski definition) is 1. The summed E-state index contributed by atoms with van der Waals surface area (Å²) in [5.74, 6) is 0. The molecule has 1 N–H and O–H groups in total. The highest BCUT2D eigenvalue weighted by atomic mass is 35.5. The molecule has 4 rings (SSSR count). The van der Waals surface area contributed by atoms with Crippen molar-refractivity contribution >= 4 is 29.4 Å². The number of aromatic nitrogens is 1. The van der Waals surface area contributed by atoms with E-state index in [2.05, 4.69) is 114 Å². The zero-order valence-electron chi connectivity index (χ0n) is 17.2. The average molecular weight is 415 g/mol. The first-order chi connectivity index (χ1) is 14.3. The molecule has 0 radical (unpaired) electrons. The van der Waals surface area contributed by atoms with Crippen molar-refractivity contribution in [2.24, 2.45) is 0 Å². The van der Waals surface area contributed by atoms with Gasteiger partial charge < -0.3 is 4.98 Å². The van der Waals surface area contributed by atoms with Crippen molar-refractivity contribution < 1.29 is 0 Å². The largest absolute Gasteiger partial charge is 0.361 e. The Kier molecular flexibility index (Phi) is 7.67. The minimum absolute atomic E-state index is 0. The monoisotopic (exact) mass is 414 g/mol. The fourth-order valence-corrected chi connectivity index (χ4v) is 3.55. The fraction of sp³-hybridized carbons (Fsp3) is 0.111. The first kappa shape index (κ1) is 21.6.